The molecule has 0 atom stereocenters. The highest BCUT2D eigenvalue weighted by molar-refractivity contribution is 7.84. The third-order valence-electron chi connectivity index (χ3n) is 8.43. The maximum atomic E-state index is 11.8. The predicted molar refractivity (Wildman–Crippen MR) is 187 cm³/mol. The van der Waals surface area contributed by atoms with Crippen LogP contribution in [0.3, 0.4) is 0 Å². The highest BCUT2D eigenvalue weighted by Gasteiger charge is 2.29. The molecule has 2 aliphatic rings. The normalized spacial score (nSPS) is 18.2. The topological polar surface area (TPSA) is 75.7 Å². The van der Waals surface area contributed by atoms with E-state index in [4.69, 9.17) is 4.74 Å². The van der Waals surface area contributed by atoms with Gasteiger partial charge in [0.25, 0.3) is 10.9 Å². The van der Waals surface area contributed by atoms with Crippen LogP contribution in [0.2, 0.25) is 0 Å². The second-order valence-electron chi connectivity index (χ2n) is 12.6. The fourth-order valence-corrected chi connectivity index (χ4v) is 8.34. The summed E-state index contributed by atoms with van der Waals surface area (Å²) in [5.74, 6) is 1.18. The number of allylic oxidation sites excluding steroid dienone is 6. The molecule has 0 spiro atoms. The van der Waals surface area contributed by atoms with Crippen LogP contribution in [0, 0.1) is 5.41 Å². The summed E-state index contributed by atoms with van der Waals surface area (Å²) in [4.78, 5) is 2.23. The Morgan fingerprint density at radius 2 is 1.85 bits per heavy atom. The van der Waals surface area contributed by atoms with Gasteiger partial charge in [-0.3, -0.25) is 4.55 Å². The molecule has 1 aliphatic heterocycles. The van der Waals surface area contributed by atoms with Crippen molar-refractivity contribution in [3.8, 4) is 11.4 Å². The molecule has 7 nitrogen and oxygen atoms in total. The first kappa shape index (κ1) is 30.2. The largest absolute Gasteiger partial charge is 0.439 e. The van der Waals surface area contributed by atoms with E-state index in [1.165, 1.54) is 33.4 Å². The van der Waals surface area contributed by atoms with Gasteiger partial charge in [0.2, 0.25) is 11.4 Å². The van der Waals surface area contributed by atoms with E-state index in [2.05, 4.69) is 103 Å². The first-order valence-electron chi connectivity index (χ1n) is 15.4. The molecule has 0 fully saturated rings. The third kappa shape index (κ3) is 6.06. The average molecular weight is 651 g/mol. The van der Waals surface area contributed by atoms with Crippen LogP contribution in [0.25, 0.3) is 32.9 Å². The minimum atomic E-state index is -4.20. The summed E-state index contributed by atoms with van der Waals surface area (Å²) in [6, 6.07) is 24.5. The van der Waals surface area contributed by atoms with Gasteiger partial charge in [-0.2, -0.15) is 13.0 Å². The molecule has 0 unspecified atom stereocenters. The molecule has 9 heteroatoms. The van der Waals surface area contributed by atoms with Crippen LogP contribution in [0.5, 0.6) is 5.75 Å². The van der Waals surface area contributed by atoms with Crippen molar-refractivity contribution in [3.63, 3.8) is 0 Å². The van der Waals surface area contributed by atoms with Crippen molar-refractivity contribution in [2.75, 3.05) is 11.4 Å². The monoisotopic (exact) mass is 650 g/mol. The van der Waals surface area contributed by atoms with Crippen LogP contribution >= 0.6 is 11.3 Å². The first-order chi connectivity index (χ1) is 22.1. The molecule has 3 heterocycles. The summed E-state index contributed by atoms with van der Waals surface area (Å²) < 4.78 is 44.4. The molecule has 0 amide bonds. The van der Waals surface area contributed by atoms with Crippen LogP contribution in [0.15, 0.2) is 120 Å². The molecule has 0 bridgehead atoms. The van der Waals surface area contributed by atoms with Crippen molar-refractivity contribution in [1.29, 1.82) is 0 Å². The molecule has 1 aliphatic carbocycles. The number of aromatic nitrogens is 2. The van der Waals surface area contributed by atoms with E-state index in [9.17, 15) is 13.0 Å². The number of anilines is 1. The summed E-state index contributed by atoms with van der Waals surface area (Å²) in [6.45, 7) is 7.46. The lowest BCUT2D eigenvalue weighted by atomic mass is 9.75. The summed E-state index contributed by atoms with van der Waals surface area (Å²) in [7, 11) is -4.20. The van der Waals surface area contributed by atoms with E-state index in [1.54, 1.807) is 4.57 Å². The number of thiazole rings is 1. The number of para-hydroxylation sites is 2. The molecule has 46 heavy (non-hydrogen) atoms. The molecular weight excluding hydrogens is 615 g/mol. The average Bonchev–Trinajstić information content (AvgIpc) is 3.68. The Labute approximate surface area is 273 Å². The molecule has 7 rings (SSSR count). The Bertz CT molecular complexity index is 2220. The fourth-order valence-electron chi connectivity index (χ4n) is 6.57. The van der Waals surface area contributed by atoms with Crippen LogP contribution in [0.4, 0.5) is 5.69 Å². The van der Waals surface area contributed by atoms with Crippen molar-refractivity contribution in [1.82, 2.24) is 4.57 Å². The van der Waals surface area contributed by atoms with Gasteiger partial charge in [-0.05, 0) is 78.1 Å². The van der Waals surface area contributed by atoms with Crippen molar-refractivity contribution >= 4 is 54.3 Å². The lowest BCUT2D eigenvalue weighted by molar-refractivity contribution is -0.649. The van der Waals surface area contributed by atoms with Crippen LogP contribution in [0.1, 0.15) is 38.6 Å². The summed E-state index contributed by atoms with van der Waals surface area (Å²) in [6.07, 6.45) is 14.3. The zero-order valence-corrected chi connectivity index (χ0v) is 27.7. The van der Waals surface area contributed by atoms with E-state index in [-0.39, 0.29) is 5.41 Å². The second-order valence-corrected chi connectivity index (χ2v) is 15.1. The lowest BCUT2D eigenvalue weighted by Crippen LogP contribution is -2.38. The van der Waals surface area contributed by atoms with Crippen LogP contribution in [-0.4, -0.2) is 24.1 Å². The Hall–Kier alpha value is -4.44. The molecule has 234 valence electrons. The van der Waals surface area contributed by atoms with E-state index in [1.807, 2.05) is 36.4 Å². The third-order valence-corrected chi connectivity index (χ3v) is 10.1. The van der Waals surface area contributed by atoms with Crippen molar-refractivity contribution < 1.29 is 22.3 Å². The number of ether oxygens (including phenoxy) is 1. The van der Waals surface area contributed by atoms with Gasteiger partial charge in [0.1, 0.15) is 4.70 Å². The Morgan fingerprint density at radius 3 is 2.67 bits per heavy atom. The minimum absolute atomic E-state index is 0.0501. The zero-order chi connectivity index (χ0) is 32.1. The molecule has 3 aromatic carbocycles. The highest BCUT2D eigenvalue weighted by atomic mass is 32.2. The Kier molecular flexibility index (Phi) is 7.71. The number of benzene rings is 3. The van der Waals surface area contributed by atoms with Gasteiger partial charge in [0, 0.05) is 36.6 Å². The number of hydrogen-bond acceptors (Lipinski definition) is 5. The highest BCUT2D eigenvalue weighted by Crippen LogP contribution is 2.43. The van der Waals surface area contributed by atoms with E-state index in [0.29, 0.717) is 0 Å². The van der Waals surface area contributed by atoms with Crippen LogP contribution in [-0.2, 0) is 16.0 Å². The molecule has 2 aromatic heterocycles. The predicted octanol–water partition coefficient (Wildman–Crippen LogP) is 8.42. The maximum absolute atomic E-state index is 11.8. The van der Waals surface area contributed by atoms with Crippen molar-refractivity contribution in [2.45, 2.75) is 39.5 Å². The standard InChI is InChI=1S/C37H35N3O4S2/c1-4-38-32-22-29(39-19-18-28-11-5-6-12-30(28)39)16-17-33(32)44-35(38)21-27-20-26(23-37(2,3)24-27)10-9-15-36-40(25-46(41,42)43)31-13-7-8-14-34(31)45-36/h5-22H,4,23-25H2,1-3H3/p+1. The molecule has 0 saturated carbocycles. The number of rotatable bonds is 7. The van der Waals surface area contributed by atoms with E-state index in [0.717, 1.165) is 57.6 Å². The van der Waals surface area contributed by atoms with Crippen LogP contribution < -0.4 is 14.2 Å². The van der Waals surface area contributed by atoms with Crippen molar-refractivity contribution in [2.24, 2.45) is 5.41 Å². The minimum Gasteiger partial charge on any atom is -0.439 e. The second kappa shape index (κ2) is 11.7. The first-order valence-corrected chi connectivity index (χ1v) is 17.8. The number of hydrogen-bond donors (Lipinski definition) is 1. The summed E-state index contributed by atoms with van der Waals surface area (Å²) in [5.41, 5.74) is 6.52. The van der Waals surface area contributed by atoms with Gasteiger partial charge in [0.15, 0.2) is 5.75 Å². The van der Waals surface area contributed by atoms with E-state index < -0.39 is 16.0 Å². The van der Waals surface area contributed by atoms with Gasteiger partial charge < -0.3 is 14.2 Å². The fraction of sp³-hybridized carbons (Fsp3) is 0.216. The van der Waals surface area contributed by atoms with Gasteiger partial charge >= 0.3 is 10.1 Å². The smallest absolute Gasteiger partial charge is 0.326 e. The van der Waals surface area contributed by atoms with Gasteiger partial charge in [-0.25, -0.2) is 0 Å². The van der Waals surface area contributed by atoms with E-state index >= 15 is 0 Å². The van der Waals surface area contributed by atoms with Gasteiger partial charge in [-0.1, -0.05) is 73.7 Å². The molecule has 0 radical (unpaired) electrons. The SMILES string of the molecule is CCN1/C(=C/C2=CC(=C\C=C\c3sc4ccccc4[n+]3CS(=O)(=O)O)/CC(C)(C)C2)Oc2ccc(-n3ccc4ccccc43)cc21. The molecule has 5 aromatic rings. The quantitative estimate of drug-likeness (QED) is 0.141. The molecule has 0 saturated heterocycles. The molecule has 1 N–H and O–H groups in total. The molecular formula is C37H36N3O4S2+. The number of fused-ring (bicyclic) bond motifs is 3. The lowest BCUT2D eigenvalue weighted by Gasteiger charge is -2.30. The van der Waals surface area contributed by atoms with Crippen molar-refractivity contribution in [3.05, 3.63) is 125 Å². The summed E-state index contributed by atoms with van der Waals surface area (Å²) in [5, 5.41) is 1.96. The zero-order valence-electron chi connectivity index (χ0n) is 26.1. The Balaban J connectivity index is 1.18. The van der Waals surface area contributed by atoms with Gasteiger partial charge in [0.05, 0.1) is 11.2 Å². The summed E-state index contributed by atoms with van der Waals surface area (Å²) >= 11 is 1.49. The maximum Gasteiger partial charge on any atom is 0.326 e. The Morgan fingerprint density at radius 1 is 1.04 bits per heavy atom. The van der Waals surface area contributed by atoms with Gasteiger partial charge in [-0.15, -0.1) is 0 Å². The number of nitrogens with zero attached hydrogens (tertiary/aromatic N) is 3.